The summed E-state index contributed by atoms with van der Waals surface area (Å²) in [5, 5.41) is 14.6. The predicted octanol–water partition coefficient (Wildman–Crippen LogP) is 2.98. The van der Waals surface area contributed by atoms with Crippen molar-refractivity contribution in [1.82, 2.24) is 30.3 Å². The molecule has 0 atom stereocenters. The van der Waals surface area contributed by atoms with E-state index in [1.165, 1.54) is 0 Å². The molecule has 2 aromatic carbocycles. The monoisotopic (exact) mass is 385 g/mol. The minimum atomic E-state index is 0.131. The van der Waals surface area contributed by atoms with Gasteiger partial charge in [-0.2, -0.15) is 9.67 Å². The molecule has 2 N–H and O–H groups in total. The van der Waals surface area contributed by atoms with Crippen molar-refractivity contribution >= 4 is 28.7 Å². The summed E-state index contributed by atoms with van der Waals surface area (Å²) < 4.78 is 1.68. The number of amides is 1. The topological polar surface area (TPSA) is 97.6 Å². The second-order valence-electron chi connectivity index (χ2n) is 7.06. The number of para-hydroxylation sites is 1. The van der Waals surface area contributed by atoms with E-state index in [-0.39, 0.29) is 11.8 Å². The minimum Gasteiger partial charge on any atom is -0.352 e. The zero-order valence-electron chi connectivity index (χ0n) is 15.6. The zero-order chi connectivity index (χ0) is 19.6. The van der Waals surface area contributed by atoms with E-state index < -0.39 is 0 Å². The smallest absolute Gasteiger partial charge is 0.229 e. The van der Waals surface area contributed by atoms with E-state index in [1.54, 1.807) is 10.9 Å². The van der Waals surface area contributed by atoms with Crippen molar-refractivity contribution in [1.29, 1.82) is 0 Å². The van der Waals surface area contributed by atoms with Gasteiger partial charge in [-0.15, -0.1) is 5.10 Å². The molecule has 4 aromatic rings. The Balaban J connectivity index is 1.41. The molecule has 2 heterocycles. The first-order chi connectivity index (χ1) is 14.3. The number of carbonyl (C=O) groups is 1. The van der Waals surface area contributed by atoms with Gasteiger partial charge in [-0.1, -0.05) is 35.5 Å². The summed E-state index contributed by atoms with van der Waals surface area (Å²) in [5.74, 6) is 0.802. The van der Waals surface area contributed by atoms with E-state index in [0.717, 1.165) is 29.8 Å². The molecular weight excluding hydrogens is 366 g/mol. The van der Waals surface area contributed by atoms with Crippen LogP contribution in [0, 0.1) is 5.92 Å². The maximum atomic E-state index is 11.9. The number of nitrogens with one attached hydrogen (secondary N) is 2. The van der Waals surface area contributed by atoms with Gasteiger partial charge in [-0.05, 0) is 42.7 Å². The first-order valence-electron chi connectivity index (χ1n) is 9.54. The Morgan fingerprint density at radius 1 is 1.10 bits per heavy atom. The molecule has 29 heavy (non-hydrogen) atoms. The van der Waals surface area contributed by atoms with Crippen molar-refractivity contribution in [2.24, 2.45) is 5.92 Å². The molecule has 2 aromatic heterocycles. The highest BCUT2D eigenvalue weighted by Crippen LogP contribution is 2.28. The lowest BCUT2D eigenvalue weighted by Crippen LogP contribution is -2.24. The van der Waals surface area contributed by atoms with Crippen LogP contribution in [0.1, 0.15) is 18.4 Å². The summed E-state index contributed by atoms with van der Waals surface area (Å²) >= 11 is 0. The van der Waals surface area contributed by atoms with Crippen molar-refractivity contribution in [3.63, 3.8) is 0 Å². The molecule has 1 amide bonds. The van der Waals surface area contributed by atoms with Crippen molar-refractivity contribution in [3.05, 3.63) is 66.4 Å². The molecule has 8 nitrogen and oxygen atoms in total. The number of fused-ring (bicyclic) bond motifs is 1. The van der Waals surface area contributed by atoms with Crippen LogP contribution in [-0.4, -0.2) is 30.9 Å². The first kappa shape index (κ1) is 17.3. The third kappa shape index (κ3) is 3.77. The molecule has 5 rings (SSSR count). The molecule has 144 valence electrons. The van der Waals surface area contributed by atoms with Crippen LogP contribution in [0.3, 0.4) is 0 Å². The van der Waals surface area contributed by atoms with Crippen LogP contribution in [-0.2, 0) is 11.3 Å². The molecule has 0 radical (unpaired) electrons. The van der Waals surface area contributed by atoms with Gasteiger partial charge >= 0.3 is 0 Å². The number of rotatable bonds is 6. The molecule has 1 saturated carbocycles. The van der Waals surface area contributed by atoms with Crippen LogP contribution in [0.5, 0.6) is 0 Å². The van der Waals surface area contributed by atoms with Crippen LogP contribution in [0.25, 0.3) is 16.9 Å². The van der Waals surface area contributed by atoms with E-state index in [0.29, 0.717) is 23.7 Å². The summed E-state index contributed by atoms with van der Waals surface area (Å²) in [6.45, 7) is 0.492. The van der Waals surface area contributed by atoms with Crippen molar-refractivity contribution in [3.8, 4) is 5.69 Å². The normalized spacial score (nSPS) is 13.4. The molecule has 0 unspecified atom stereocenters. The number of carbonyl (C=O) groups excluding carboxylic acids is 1. The number of benzene rings is 2. The fourth-order valence-electron chi connectivity index (χ4n) is 3.09. The maximum absolute atomic E-state index is 11.9. The van der Waals surface area contributed by atoms with Crippen LogP contribution in [0.4, 0.5) is 11.6 Å². The summed E-state index contributed by atoms with van der Waals surface area (Å²) in [7, 11) is 0. The highest BCUT2D eigenvalue weighted by molar-refractivity contribution is 5.80. The highest BCUT2D eigenvalue weighted by atomic mass is 16.2. The van der Waals surface area contributed by atoms with Gasteiger partial charge in [0.15, 0.2) is 11.2 Å². The fraction of sp³-hybridized carbons (Fsp3) is 0.190. The van der Waals surface area contributed by atoms with Gasteiger partial charge in [-0.3, -0.25) is 4.79 Å². The summed E-state index contributed by atoms with van der Waals surface area (Å²) in [6.07, 6.45) is 3.64. The Kier molecular flexibility index (Phi) is 4.36. The van der Waals surface area contributed by atoms with E-state index in [1.807, 2.05) is 54.6 Å². The van der Waals surface area contributed by atoms with E-state index >= 15 is 0 Å². The average molecular weight is 385 g/mol. The van der Waals surface area contributed by atoms with Crippen molar-refractivity contribution < 1.29 is 4.79 Å². The third-order valence-electron chi connectivity index (χ3n) is 4.79. The van der Waals surface area contributed by atoms with Crippen LogP contribution >= 0.6 is 0 Å². The lowest BCUT2D eigenvalue weighted by atomic mass is 10.2. The van der Waals surface area contributed by atoms with Gasteiger partial charge in [0.1, 0.15) is 0 Å². The Morgan fingerprint density at radius 2 is 1.97 bits per heavy atom. The molecule has 0 saturated heterocycles. The third-order valence-corrected chi connectivity index (χ3v) is 4.79. The molecule has 0 spiro atoms. The Morgan fingerprint density at radius 3 is 2.79 bits per heavy atom. The molecule has 1 fully saturated rings. The largest absolute Gasteiger partial charge is 0.352 e. The number of nitrogens with zero attached hydrogens (tertiary/aromatic N) is 5. The van der Waals surface area contributed by atoms with E-state index in [4.69, 9.17) is 0 Å². The number of aromatic nitrogens is 5. The first-order valence-corrected chi connectivity index (χ1v) is 9.54. The average Bonchev–Trinajstić information content (AvgIpc) is 3.53. The lowest BCUT2D eigenvalue weighted by Gasteiger charge is -2.08. The molecule has 0 bridgehead atoms. The quantitative estimate of drug-likeness (QED) is 0.530. The lowest BCUT2D eigenvalue weighted by molar-refractivity contribution is -0.122. The van der Waals surface area contributed by atoms with Crippen molar-refractivity contribution in [2.75, 3.05) is 5.32 Å². The molecular formula is C21H19N7O. The molecule has 1 aliphatic carbocycles. The fourth-order valence-corrected chi connectivity index (χ4v) is 3.09. The van der Waals surface area contributed by atoms with Crippen molar-refractivity contribution in [2.45, 2.75) is 19.4 Å². The Hall–Kier alpha value is -3.81. The van der Waals surface area contributed by atoms with Crippen LogP contribution < -0.4 is 10.6 Å². The van der Waals surface area contributed by atoms with Gasteiger partial charge in [0.2, 0.25) is 11.9 Å². The summed E-state index contributed by atoms with van der Waals surface area (Å²) in [4.78, 5) is 20.8. The second-order valence-corrected chi connectivity index (χ2v) is 7.06. The highest BCUT2D eigenvalue weighted by Gasteiger charge is 2.29. The van der Waals surface area contributed by atoms with Gasteiger partial charge in [0, 0.05) is 18.2 Å². The Bertz CT molecular complexity index is 1170. The van der Waals surface area contributed by atoms with Gasteiger partial charge < -0.3 is 10.6 Å². The van der Waals surface area contributed by atoms with Gasteiger partial charge in [-0.25, -0.2) is 4.98 Å². The predicted molar refractivity (Wildman–Crippen MR) is 109 cm³/mol. The second kappa shape index (κ2) is 7.31. The number of hydrogen-bond donors (Lipinski definition) is 2. The number of hydrogen-bond acceptors (Lipinski definition) is 6. The van der Waals surface area contributed by atoms with Crippen LogP contribution in [0.15, 0.2) is 60.8 Å². The molecule has 0 aliphatic heterocycles. The maximum Gasteiger partial charge on any atom is 0.229 e. The SMILES string of the molecule is O=C(NCc1cccc(-n2nnc3cnc(Nc4ccccc4)nc32)c1)C1CC1. The summed E-state index contributed by atoms with van der Waals surface area (Å²) in [5.41, 5.74) is 3.94. The van der Waals surface area contributed by atoms with Gasteiger partial charge in [0.05, 0.1) is 11.9 Å². The standard InChI is InChI=1S/C21H19N7O/c29-20(15-9-10-15)22-12-14-5-4-8-17(11-14)28-19-18(26-27-28)13-23-21(25-19)24-16-6-2-1-3-7-16/h1-8,11,13,15H,9-10,12H2,(H,22,29)(H,23,24,25). The minimum absolute atomic E-state index is 0.131. The Labute approximate surface area is 167 Å². The number of anilines is 2. The summed E-state index contributed by atoms with van der Waals surface area (Å²) in [6, 6.07) is 17.6. The van der Waals surface area contributed by atoms with Gasteiger partial charge in [0.25, 0.3) is 0 Å². The zero-order valence-corrected chi connectivity index (χ0v) is 15.6. The van der Waals surface area contributed by atoms with E-state index in [9.17, 15) is 4.79 Å². The molecule has 8 heteroatoms. The van der Waals surface area contributed by atoms with E-state index in [2.05, 4.69) is 30.9 Å². The molecule has 1 aliphatic rings. The van der Waals surface area contributed by atoms with Crippen LogP contribution in [0.2, 0.25) is 0 Å².